The molecule has 0 saturated heterocycles. The first kappa shape index (κ1) is 17.2. The van der Waals surface area contributed by atoms with E-state index in [1.165, 1.54) is 4.90 Å². The van der Waals surface area contributed by atoms with Crippen LogP contribution in [0, 0.1) is 5.41 Å². The second-order valence-electron chi connectivity index (χ2n) is 5.77. The minimum absolute atomic E-state index is 0.250. The highest BCUT2D eigenvalue weighted by atomic mass is 16.4. The van der Waals surface area contributed by atoms with Gasteiger partial charge in [-0.2, -0.15) is 0 Å². The maximum atomic E-state index is 12.0. The highest BCUT2D eigenvalue weighted by Crippen LogP contribution is 2.19. The number of urea groups is 1. The molecule has 7 nitrogen and oxygen atoms in total. The molecule has 0 fully saturated rings. The summed E-state index contributed by atoms with van der Waals surface area (Å²) in [7, 11) is 0. The molecule has 7 heteroatoms. The SMILES string of the molecule is CC(C)N(CC(N)=O)C(=O)N[C@@H](C(=O)O)C(C)(C)C. The third kappa shape index (κ3) is 5.58. The van der Waals surface area contributed by atoms with Gasteiger partial charge < -0.3 is 21.1 Å². The summed E-state index contributed by atoms with van der Waals surface area (Å²) >= 11 is 0. The zero-order valence-electron chi connectivity index (χ0n) is 12.1. The lowest BCUT2D eigenvalue weighted by molar-refractivity contribution is -0.142. The van der Waals surface area contributed by atoms with Crippen LogP contribution in [0.5, 0.6) is 0 Å². The fourth-order valence-corrected chi connectivity index (χ4v) is 1.51. The van der Waals surface area contributed by atoms with Crippen molar-refractivity contribution < 1.29 is 19.5 Å². The summed E-state index contributed by atoms with van der Waals surface area (Å²) in [6.45, 7) is 8.31. The molecule has 110 valence electrons. The molecule has 0 aliphatic carbocycles. The largest absolute Gasteiger partial charge is 0.480 e. The van der Waals surface area contributed by atoms with Gasteiger partial charge in [0.2, 0.25) is 5.91 Å². The van der Waals surface area contributed by atoms with E-state index in [0.29, 0.717) is 0 Å². The summed E-state index contributed by atoms with van der Waals surface area (Å²) in [5.41, 5.74) is 4.43. The third-order valence-electron chi connectivity index (χ3n) is 2.59. The molecule has 0 unspecified atom stereocenters. The molecule has 0 aliphatic heterocycles. The number of nitrogens with two attached hydrogens (primary N) is 1. The van der Waals surface area contributed by atoms with Crippen LogP contribution in [-0.4, -0.2) is 46.5 Å². The first-order chi connectivity index (χ1) is 8.46. The van der Waals surface area contributed by atoms with Crippen molar-refractivity contribution in [2.24, 2.45) is 11.1 Å². The Morgan fingerprint density at radius 1 is 1.26 bits per heavy atom. The third-order valence-corrected chi connectivity index (χ3v) is 2.59. The van der Waals surface area contributed by atoms with Gasteiger partial charge in [-0.15, -0.1) is 0 Å². The van der Waals surface area contributed by atoms with E-state index in [1.807, 2.05) is 0 Å². The molecule has 0 radical (unpaired) electrons. The Bertz CT molecular complexity index is 360. The zero-order chi connectivity index (χ0) is 15.4. The number of carbonyl (C=O) groups is 3. The Hall–Kier alpha value is -1.79. The lowest BCUT2D eigenvalue weighted by Gasteiger charge is -2.32. The van der Waals surface area contributed by atoms with Gasteiger partial charge in [-0.05, 0) is 19.3 Å². The number of hydrogen-bond acceptors (Lipinski definition) is 3. The summed E-state index contributed by atoms with van der Waals surface area (Å²) in [6.07, 6.45) is 0. The molecule has 1 atom stereocenters. The van der Waals surface area contributed by atoms with Crippen molar-refractivity contribution in [3.05, 3.63) is 0 Å². The van der Waals surface area contributed by atoms with E-state index >= 15 is 0 Å². The van der Waals surface area contributed by atoms with Crippen LogP contribution < -0.4 is 11.1 Å². The quantitative estimate of drug-likeness (QED) is 0.672. The van der Waals surface area contributed by atoms with Crippen LogP contribution in [0.1, 0.15) is 34.6 Å². The van der Waals surface area contributed by atoms with Gasteiger partial charge in [-0.25, -0.2) is 9.59 Å². The number of primary amides is 1. The number of aliphatic carboxylic acids is 1. The topological polar surface area (TPSA) is 113 Å². The molecular weight excluding hydrogens is 250 g/mol. The van der Waals surface area contributed by atoms with Crippen molar-refractivity contribution in [3.63, 3.8) is 0 Å². The molecule has 4 N–H and O–H groups in total. The van der Waals surface area contributed by atoms with Crippen LogP contribution in [0.4, 0.5) is 4.79 Å². The minimum Gasteiger partial charge on any atom is -0.480 e. The van der Waals surface area contributed by atoms with Gasteiger partial charge in [0.1, 0.15) is 12.6 Å². The molecule has 0 rings (SSSR count). The fourth-order valence-electron chi connectivity index (χ4n) is 1.51. The second kappa shape index (κ2) is 6.40. The van der Waals surface area contributed by atoms with E-state index in [4.69, 9.17) is 10.8 Å². The van der Waals surface area contributed by atoms with Crippen LogP contribution in [0.3, 0.4) is 0 Å². The number of carboxylic acid groups (broad SMARTS) is 1. The summed E-state index contributed by atoms with van der Waals surface area (Å²) in [4.78, 5) is 35.3. The first-order valence-electron chi connectivity index (χ1n) is 6.05. The van der Waals surface area contributed by atoms with E-state index in [9.17, 15) is 14.4 Å². The van der Waals surface area contributed by atoms with E-state index in [0.717, 1.165) is 0 Å². The number of rotatable bonds is 5. The average molecular weight is 273 g/mol. The van der Waals surface area contributed by atoms with Crippen LogP contribution >= 0.6 is 0 Å². The van der Waals surface area contributed by atoms with Crippen molar-refractivity contribution in [2.45, 2.75) is 46.7 Å². The van der Waals surface area contributed by atoms with E-state index < -0.39 is 29.4 Å². The zero-order valence-corrected chi connectivity index (χ0v) is 12.1. The van der Waals surface area contributed by atoms with Gasteiger partial charge in [0.05, 0.1) is 0 Å². The highest BCUT2D eigenvalue weighted by molar-refractivity contribution is 5.86. The van der Waals surface area contributed by atoms with E-state index in [1.54, 1.807) is 34.6 Å². The minimum atomic E-state index is -1.12. The highest BCUT2D eigenvalue weighted by Gasteiger charge is 2.34. The van der Waals surface area contributed by atoms with Crippen molar-refractivity contribution in [1.82, 2.24) is 10.2 Å². The number of carbonyl (C=O) groups excluding carboxylic acids is 2. The lowest BCUT2D eigenvalue weighted by atomic mass is 9.87. The van der Waals surface area contributed by atoms with E-state index in [2.05, 4.69) is 5.32 Å². The average Bonchev–Trinajstić information content (AvgIpc) is 2.19. The number of nitrogens with one attached hydrogen (secondary N) is 1. The van der Waals surface area contributed by atoms with Gasteiger partial charge in [-0.1, -0.05) is 20.8 Å². The van der Waals surface area contributed by atoms with Gasteiger partial charge >= 0.3 is 12.0 Å². The predicted molar refractivity (Wildman–Crippen MR) is 70.4 cm³/mol. The van der Waals surface area contributed by atoms with Gasteiger partial charge in [0.15, 0.2) is 0 Å². The van der Waals surface area contributed by atoms with Crippen LogP contribution in [0.25, 0.3) is 0 Å². The Balaban J connectivity index is 4.97. The molecule has 0 aromatic rings. The Morgan fingerprint density at radius 2 is 1.74 bits per heavy atom. The molecule has 0 spiro atoms. The molecule has 0 aliphatic rings. The van der Waals surface area contributed by atoms with Crippen LogP contribution in [0.2, 0.25) is 0 Å². The normalized spacial score (nSPS) is 12.9. The lowest BCUT2D eigenvalue weighted by Crippen LogP contribution is -2.55. The van der Waals surface area contributed by atoms with Crippen molar-refractivity contribution in [1.29, 1.82) is 0 Å². The van der Waals surface area contributed by atoms with Crippen LogP contribution in [-0.2, 0) is 9.59 Å². The van der Waals surface area contributed by atoms with Gasteiger partial charge in [0, 0.05) is 6.04 Å². The molecule has 3 amide bonds. The summed E-state index contributed by atoms with van der Waals surface area (Å²) in [5.74, 6) is -1.77. The molecule has 0 heterocycles. The number of carboxylic acids is 1. The van der Waals surface area contributed by atoms with Crippen molar-refractivity contribution in [2.75, 3.05) is 6.54 Å². The van der Waals surface area contributed by atoms with E-state index in [-0.39, 0.29) is 12.6 Å². The maximum Gasteiger partial charge on any atom is 0.326 e. The molecule has 0 aromatic heterocycles. The number of nitrogens with zero attached hydrogens (tertiary/aromatic N) is 1. The van der Waals surface area contributed by atoms with Crippen molar-refractivity contribution >= 4 is 17.9 Å². The van der Waals surface area contributed by atoms with Gasteiger partial charge in [-0.3, -0.25) is 4.79 Å². The smallest absolute Gasteiger partial charge is 0.326 e. The number of hydrogen-bond donors (Lipinski definition) is 3. The summed E-state index contributed by atoms with van der Waals surface area (Å²) in [5, 5.41) is 11.6. The Labute approximate surface area is 113 Å². The maximum absolute atomic E-state index is 12.0. The standard InChI is InChI=1S/C12H23N3O4/c1-7(2)15(6-8(13)16)11(19)14-9(10(17)18)12(3,4)5/h7,9H,6H2,1-5H3,(H2,13,16)(H,14,19)(H,17,18)/t9-/m0/s1. The molecule has 19 heavy (non-hydrogen) atoms. The molecule has 0 saturated carbocycles. The molecular formula is C12H23N3O4. The number of amides is 3. The summed E-state index contributed by atoms with van der Waals surface area (Å²) < 4.78 is 0. The second-order valence-corrected chi connectivity index (χ2v) is 5.77. The predicted octanol–water partition coefficient (Wildman–Crippen LogP) is 0.391. The summed E-state index contributed by atoms with van der Waals surface area (Å²) in [6, 6.07) is -1.92. The van der Waals surface area contributed by atoms with Crippen molar-refractivity contribution in [3.8, 4) is 0 Å². The van der Waals surface area contributed by atoms with Crippen LogP contribution in [0.15, 0.2) is 0 Å². The fraction of sp³-hybridized carbons (Fsp3) is 0.750. The molecule has 0 bridgehead atoms. The van der Waals surface area contributed by atoms with Gasteiger partial charge in [0.25, 0.3) is 0 Å². The monoisotopic (exact) mass is 273 g/mol. The first-order valence-corrected chi connectivity index (χ1v) is 6.05. The molecule has 0 aromatic carbocycles. The Kier molecular flexibility index (Phi) is 5.80. The Morgan fingerprint density at radius 3 is 2.00 bits per heavy atom.